The molecule has 126 valence electrons. The molecule has 9 heteroatoms. The molecule has 1 aromatic heterocycles. The summed E-state index contributed by atoms with van der Waals surface area (Å²) in [5, 5.41) is 5.65. The van der Waals surface area contributed by atoms with Gasteiger partial charge in [-0.3, -0.25) is 0 Å². The van der Waals surface area contributed by atoms with Gasteiger partial charge in [-0.1, -0.05) is 17.5 Å². The van der Waals surface area contributed by atoms with E-state index in [1.165, 1.54) is 0 Å². The monoisotopic (exact) mass is 348 g/mol. The van der Waals surface area contributed by atoms with Crippen LogP contribution in [0.4, 0.5) is 13.2 Å². The van der Waals surface area contributed by atoms with E-state index < -0.39 is 11.7 Å². The van der Waals surface area contributed by atoms with E-state index in [0.717, 1.165) is 6.07 Å². The highest BCUT2D eigenvalue weighted by atomic mass is 35.5. The zero-order valence-electron chi connectivity index (χ0n) is 12.4. The van der Waals surface area contributed by atoms with E-state index in [1.807, 2.05) is 6.92 Å². The summed E-state index contributed by atoms with van der Waals surface area (Å²) in [6.07, 6.45) is 1.31. The Kier molecular flexibility index (Phi) is 7.48. The Balaban J connectivity index is 2.56. The summed E-state index contributed by atoms with van der Waals surface area (Å²) < 4.78 is 42.7. The van der Waals surface area contributed by atoms with E-state index in [1.54, 1.807) is 0 Å². The van der Waals surface area contributed by atoms with Crippen molar-refractivity contribution in [2.45, 2.75) is 13.1 Å². The minimum Gasteiger partial charge on any atom is -0.475 e. The van der Waals surface area contributed by atoms with Crippen LogP contribution in [0.15, 0.2) is 17.3 Å². The zero-order valence-corrected chi connectivity index (χ0v) is 13.1. The van der Waals surface area contributed by atoms with Gasteiger partial charge in [0.1, 0.15) is 11.6 Å². The molecule has 0 saturated heterocycles. The van der Waals surface area contributed by atoms with Crippen molar-refractivity contribution in [2.75, 3.05) is 26.2 Å². The van der Waals surface area contributed by atoms with E-state index in [4.69, 9.17) is 22.8 Å². The van der Waals surface area contributed by atoms with Crippen molar-refractivity contribution in [2.24, 2.45) is 4.99 Å². The van der Waals surface area contributed by atoms with Gasteiger partial charge in [0.15, 0.2) is 5.96 Å². The van der Waals surface area contributed by atoms with Crippen molar-refractivity contribution in [1.82, 2.24) is 15.6 Å². The van der Waals surface area contributed by atoms with Crippen LogP contribution in [-0.4, -0.2) is 37.2 Å². The van der Waals surface area contributed by atoms with E-state index >= 15 is 0 Å². The van der Waals surface area contributed by atoms with E-state index in [0.29, 0.717) is 25.2 Å². The van der Waals surface area contributed by atoms with Crippen molar-refractivity contribution in [3.63, 3.8) is 0 Å². The lowest BCUT2D eigenvalue weighted by Crippen LogP contribution is -2.37. The number of nitrogens with one attached hydrogen (secondary N) is 2. The first-order valence-electron chi connectivity index (χ1n) is 6.69. The van der Waals surface area contributed by atoms with Crippen LogP contribution < -0.4 is 15.4 Å². The van der Waals surface area contributed by atoms with Crippen LogP contribution in [0.5, 0.6) is 5.88 Å². The van der Waals surface area contributed by atoms with Gasteiger partial charge >= 0.3 is 6.18 Å². The highest BCUT2D eigenvalue weighted by Gasteiger charge is 2.31. The number of aliphatic imine (C=N–C) groups is 1. The molecular formula is C14H16ClF3N4O. The summed E-state index contributed by atoms with van der Waals surface area (Å²) in [5.74, 6) is 2.86. The number of hydrogen-bond acceptors (Lipinski definition) is 3. The molecule has 1 rings (SSSR count). The van der Waals surface area contributed by atoms with Crippen LogP contribution in [0, 0.1) is 12.3 Å². The summed E-state index contributed by atoms with van der Waals surface area (Å²) >= 11 is 5.73. The molecule has 0 bridgehead atoms. The molecule has 0 atom stereocenters. The molecular weight excluding hydrogens is 333 g/mol. The fourth-order valence-electron chi connectivity index (χ4n) is 1.46. The van der Waals surface area contributed by atoms with Gasteiger partial charge in [-0.2, -0.15) is 13.2 Å². The molecule has 23 heavy (non-hydrogen) atoms. The smallest absolute Gasteiger partial charge is 0.417 e. The van der Waals surface area contributed by atoms with Crippen LogP contribution in [0.2, 0.25) is 5.02 Å². The molecule has 0 radical (unpaired) electrons. The molecule has 1 heterocycles. The quantitative estimate of drug-likeness (QED) is 0.358. The third-order valence-corrected chi connectivity index (χ3v) is 2.71. The predicted molar refractivity (Wildman–Crippen MR) is 82.6 cm³/mol. The average Bonchev–Trinajstić information content (AvgIpc) is 2.49. The van der Waals surface area contributed by atoms with Gasteiger partial charge in [-0.15, -0.1) is 6.42 Å². The number of aromatic nitrogens is 1. The molecule has 0 fully saturated rings. The number of rotatable bonds is 6. The first-order valence-corrected chi connectivity index (χ1v) is 7.07. The molecule has 0 saturated carbocycles. The molecule has 0 aliphatic heterocycles. The van der Waals surface area contributed by atoms with Crippen molar-refractivity contribution >= 4 is 17.6 Å². The number of hydrogen-bond donors (Lipinski definition) is 2. The van der Waals surface area contributed by atoms with Gasteiger partial charge in [-0.25, -0.2) is 9.98 Å². The van der Waals surface area contributed by atoms with Gasteiger partial charge < -0.3 is 15.4 Å². The Morgan fingerprint density at radius 1 is 1.48 bits per heavy atom. The summed E-state index contributed by atoms with van der Waals surface area (Å²) in [4.78, 5) is 7.74. The third kappa shape index (κ3) is 6.65. The second-order valence-electron chi connectivity index (χ2n) is 4.18. The van der Waals surface area contributed by atoms with Crippen LogP contribution in [0.25, 0.3) is 0 Å². The minimum atomic E-state index is -4.50. The van der Waals surface area contributed by atoms with Crippen LogP contribution in [0.1, 0.15) is 12.5 Å². The van der Waals surface area contributed by atoms with Crippen molar-refractivity contribution < 1.29 is 17.9 Å². The highest BCUT2D eigenvalue weighted by Crippen LogP contribution is 2.32. The molecule has 0 unspecified atom stereocenters. The lowest BCUT2D eigenvalue weighted by atomic mass is 10.3. The Morgan fingerprint density at radius 2 is 2.22 bits per heavy atom. The predicted octanol–water partition coefficient (Wildman–Crippen LogP) is 2.32. The molecule has 2 N–H and O–H groups in total. The van der Waals surface area contributed by atoms with Crippen LogP contribution in [0.3, 0.4) is 0 Å². The number of alkyl halides is 3. The molecule has 5 nitrogen and oxygen atoms in total. The SMILES string of the molecule is C#CCNC(=NCCOc1ncc(C(F)(F)F)cc1Cl)NCC. The summed E-state index contributed by atoms with van der Waals surface area (Å²) in [5.41, 5.74) is -0.930. The Bertz CT molecular complexity index is 584. The number of pyridine rings is 1. The summed E-state index contributed by atoms with van der Waals surface area (Å²) in [6, 6.07) is 0.770. The van der Waals surface area contributed by atoms with E-state index in [2.05, 4.69) is 26.5 Å². The fraction of sp³-hybridized carbons (Fsp3) is 0.429. The van der Waals surface area contributed by atoms with Crippen molar-refractivity contribution in [3.8, 4) is 18.2 Å². The maximum atomic E-state index is 12.5. The fourth-order valence-corrected chi connectivity index (χ4v) is 1.68. The maximum Gasteiger partial charge on any atom is 0.417 e. The molecule has 1 aromatic rings. The van der Waals surface area contributed by atoms with Crippen LogP contribution >= 0.6 is 11.6 Å². The molecule has 0 spiro atoms. The lowest BCUT2D eigenvalue weighted by molar-refractivity contribution is -0.137. The number of terminal acetylenes is 1. The molecule has 0 aromatic carbocycles. The van der Waals surface area contributed by atoms with Crippen molar-refractivity contribution in [1.29, 1.82) is 0 Å². The van der Waals surface area contributed by atoms with Gasteiger partial charge in [-0.05, 0) is 13.0 Å². The minimum absolute atomic E-state index is 0.0727. The van der Waals surface area contributed by atoms with Gasteiger partial charge in [0.2, 0.25) is 5.88 Å². The average molecular weight is 349 g/mol. The number of nitrogens with zero attached hydrogens (tertiary/aromatic N) is 2. The summed E-state index contributed by atoms with van der Waals surface area (Å²) in [6.45, 7) is 3.22. The van der Waals surface area contributed by atoms with Gasteiger partial charge in [0.05, 0.1) is 18.7 Å². The van der Waals surface area contributed by atoms with Crippen LogP contribution in [-0.2, 0) is 6.18 Å². The molecule has 0 aliphatic carbocycles. The number of guanidine groups is 1. The standard InChI is InChI=1S/C14H16ClF3N4O/c1-3-5-20-13(19-4-2)21-6-7-23-12-11(15)8-10(9-22-12)14(16,17)18/h1,8-9H,4-7H2,2H3,(H2,19,20,21). The second-order valence-corrected chi connectivity index (χ2v) is 4.58. The number of halogens is 4. The normalized spacial score (nSPS) is 11.7. The van der Waals surface area contributed by atoms with Crippen molar-refractivity contribution in [3.05, 3.63) is 22.8 Å². The third-order valence-electron chi connectivity index (χ3n) is 2.44. The lowest BCUT2D eigenvalue weighted by Gasteiger charge is -2.11. The van der Waals surface area contributed by atoms with E-state index in [-0.39, 0.29) is 24.1 Å². The highest BCUT2D eigenvalue weighted by molar-refractivity contribution is 6.31. The second kappa shape index (κ2) is 9.10. The number of ether oxygens (including phenoxy) is 1. The summed E-state index contributed by atoms with van der Waals surface area (Å²) in [7, 11) is 0. The first kappa shape index (κ1) is 18.9. The Morgan fingerprint density at radius 3 is 2.78 bits per heavy atom. The topological polar surface area (TPSA) is 58.5 Å². The first-order chi connectivity index (χ1) is 10.9. The van der Waals surface area contributed by atoms with E-state index in [9.17, 15) is 13.2 Å². The zero-order chi connectivity index (χ0) is 17.3. The van der Waals surface area contributed by atoms with Gasteiger partial charge in [0, 0.05) is 12.7 Å². The molecule has 0 amide bonds. The Hall–Kier alpha value is -2.14. The Labute approximate surface area is 137 Å². The molecule has 0 aliphatic rings. The largest absolute Gasteiger partial charge is 0.475 e. The van der Waals surface area contributed by atoms with Gasteiger partial charge in [0.25, 0.3) is 0 Å². The maximum absolute atomic E-state index is 12.5.